The largest absolute Gasteiger partial charge is 0.459 e. The van der Waals surface area contributed by atoms with Crippen LogP contribution in [-0.4, -0.2) is 38.7 Å². The van der Waals surface area contributed by atoms with Gasteiger partial charge in [0.1, 0.15) is 12.1 Å². The molecule has 120 valence electrons. The van der Waals surface area contributed by atoms with E-state index in [2.05, 4.69) is 32.6 Å². The first kappa shape index (κ1) is 15.0. The van der Waals surface area contributed by atoms with Gasteiger partial charge >= 0.3 is 0 Å². The lowest BCUT2D eigenvalue weighted by Gasteiger charge is -2.06. The lowest BCUT2D eigenvalue weighted by atomic mass is 10.3. The number of aromatic nitrogens is 4. The molecule has 3 aromatic rings. The first-order valence-corrected chi connectivity index (χ1v) is 7.51. The van der Waals surface area contributed by atoms with Crippen molar-refractivity contribution in [2.45, 2.75) is 19.9 Å². The number of anilines is 1. The van der Waals surface area contributed by atoms with Crippen LogP contribution >= 0.6 is 0 Å². The van der Waals surface area contributed by atoms with Crippen LogP contribution in [0.3, 0.4) is 0 Å². The second-order valence-corrected chi connectivity index (χ2v) is 4.99. The van der Waals surface area contributed by atoms with E-state index in [4.69, 9.17) is 4.42 Å². The van der Waals surface area contributed by atoms with E-state index in [0.717, 1.165) is 29.8 Å². The average molecular weight is 314 g/mol. The van der Waals surface area contributed by atoms with Crippen LogP contribution in [0.15, 0.2) is 35.3 Å². The number of fused-ring (bicyclic) bond motifs is 1. The van der Waals surface area contributed by atoms with Gasteiger partial charge in [0.2, 0.25) is 0 Å². The molecule has 0 unspecified atom stereocenters. The molecule has 8 heteroatoms. The molecule has 2 N–H and O–H groups in total. The Balaban J connectivity index is 1.65. The summed E-state index contributed by atoms with van der Waals surface area (Å²) in [4.78, 5) is 20.3. The van der Waals surface area contributed by atoms with E-state index < -0.39 is 0 Å². The third-order valence-corrected chi connectivity index (χ3v) is 3.33. The highest BCUT2D eigenvalue weighted by Crippen LogP contribution is 2.18. The normalized spacial score (nSPS) is 10.8. The molecule has 3 rings (SSSR count). The Morgan fingerprint density at radius 3 is 3.04 bits per heavy atom. The topological polar surface area (TPSA) is 97.9 Å². The number of rotatable bonds is 7. The highest BCUT2D eigenvalue weighted by atomic mass is 16.3. The number of hydrogen-bond donors (Lipinski definition) is 2. The highest BCUT2D eigenvalue weighted by Gasteiger charge is 2.11. The fourth-order valence-corrected chi connectivity index (χ4v) is 2.21. The molecule has 3 aromatic heterocycles. The second kappa shape index (κ2) is 6.91. The van der Waals surface area contributed by atoms with Gasteiger partial charge in [0, 0.05) is 13.1 Å². The SMILES string of the molecule is CCCNc1ncnc2c1cnn2CCNC(=O)c1ccco1. The van der Waals surface area contributed by atoms with Crippen molar-refractivity contribution >= 4 is 22.8 Å². The van der Waals surface area contributed by atoms with Crippen LogP contribution in [-0.2, 0) is 6.54 Å². The Morgan fingerprint density at radius 1 is 1.35 bits per heavy atom. The number of amides is 1. The van der Waals surface area contributed by atoms with Crippen LogP contribution in [0, 0.1) is 0 Å². The lowest BCUT2D eigenvalue weighted by molar-refractivity contribution is 0.0924. The molecule has 0 aliphatic heterocycles. The summed E-state index contributed by atoms with van der Waals surface area (Å²) in [6.07, 6.45) is 5.73. The predicted molar refractivity (Wildman–Crippen MR) is 85.1 cm³/mol. The van der Waals surface area contributed by atoms with Crippen LogP contribution in [0.1, 0.15) is 23.9 Å². The molecule has 3 heterocycles. The predicted octanol–water partition coefficient (Wildman–Crippen LogP) is 1.67. The van der Waals surface area contributed by atoms with Crippen molar-refractivity contribution in [3.8, 4) is 0 Å². The zero-order valence-electron chi connectivity index (χ0n) is 12.8. The maximum atomic E-state index is 11.8. The smallest absolute Gasteiger partial charge is 0.287 e. The van der Waals surface area contributed by atoms with Crippen molar-refractivity contribution in [3.05, 3.63) is 36.7 Å². The Labute approximate surface area is 132 Å². The molecular formula is C15H18N6O2. The Bertz CT molecular complexity index is 780. The van der Waals surface area contributed by atoms with E-state index in [1.165, 1.54) is 12.6 Å². The summed E-state index contributed by atoms with van der Waals surface area (Å²) in [6, 6.07) is 3.30. The Morgan fingerprint density at radius 2 is 2.26 bits per heavy atom. The summed E-state index contributed by atoms with van der Waals surface area (Å²) in [5, 5.41) is 11.2. The molecule has 0 aliphatic rings. The first-order valence-electron chi connectivity index (χ1n) is 7.51. The summed E-state index contributed by atoms with van der Waals surface area (Å²) < 4.78 is 6.79. The zero-order valence-corrected chi connectivity index (χ0v) is 12.8. The maximum absolute atomic E-state index is 11.8. The third-order valence-electron chi connectivity index (χ3n) is 3.33. The summed E-state index contributed by atoms with van der Waals surface area (Å²) in [5.74, 6) is 0.831. The fourth-order valence-electron chi connectivity index (χ4n) is 2.21. The van der Waals surface area contributed by atoms with Gasteiger partial charge in [-0.05, 0) is 18.6 Å². The molecule has 23 heavy (non-hydrogen) atoms. The molecule has 0 saturated heterocycles. The highest BCUT2D eigenvalue weighted by molar-refractivity contribution is 5.91. The van der Waals surface area contributed by atoms with E-state index >= 15 is 0 Å². The molecular weight excluding hydrogens is 296 g/mol. The van der Waals surface area contributed by atoms with Crippen LogP contribution in [0.2, 0.25) is 0 Å². The van der Waals surface area contributed by atoms with Gasteiger partial charge in [-0.2, -0.15) is 5.10 Å². The van der Waals surface area contributed by atoms with Crippen molar-refractivity contribution in [2.24, 2.45) is 0 Å². The number of carbonyl (C=O) groups is 1. The minimum atomic E-state index is -0.244. The Hall–Kier alpha value is -2.90. The van der Waals surface area contributed by atoms with Gasteiger partial charge in [-0.15, -0.1) is 0 Å². The van der Waals surface area contributed by atoms with E-state index in [1.54, 1.807) is 23.0 Å². The van der Waals surface area contributed by atoms with Gasteiger partial charge in [0.25, 0.3) is 5.91 Å². The van der Waals surface area contributed by atoms with Crippen LogP contribution in [0.5, 0.6) is 0 Å². The molecule has 0 aromatic carbocycles. The van der Waals surface area contributed by atoms with E-state index in [9.17, 15) is 4.79 Å². The third kappa shape index (κ3) is 3.31. The van der Waals surface area contributed by atoms with Gasteiger partial charge in [0.05, 0.1) is 24.4 Å². The van der Waals surface area contributed by atoms with Crippen LogP contribution < -0.4 is 10.6 Å². The molecule has 0 fully saturated rings. The van der Waals surface area contributed by atoms with Gasteiger partial charge in [0.15, 0.2) is 11.4 Å². The molecule has 1 amide bonds. The quantitative estimate of drug-likeness (QED) is 0.688. The molecule has 0 atom stereocenters. The van der Waals surface area contributed by atoms with Crippen molar-refractivity contribution in [2.75, 3.05) is 18.4 Å². The molecule has 0 aliphatic carbocycles. The molecule has 0 saturated carbocycles. The number of furan rings is 1. The average Bonchev–Trinajstić information content (AvgIpc) is 3.23. The zero-order chi connectivity index (χ0) is 16.1. The van der Waals surface area contributed by atoms with E-state index in [0.29, 0.717) is 18.8 Å². The summed E-state index contributed by atoms with van der Waals surface area (Å²) in [6.45, 7) is 3.88. The second-order valence-electron chi connectivity index (χ2n) is 4.99. The summed E-state index contributed by atoms with van der Waals surface area (Å²) in [5.41, 5.74) is 0.742. The summed E-state index contributed by atoms with van der Waals surface area (Å²) >= 11 is 0. The number of nitrogens with one attached hydrogen (secondary N) is 2. The number of hydrogen-bond acceptors (Lipinski definition) is 6. The number of carbonyl (C=O) groups excluding carboxylic acids is 1. The summed E-state index contributed by atoms with van der Waals surface area (Å²) in [7, 11) is 0. The molecule has 0 spiro atoms. The maximum Gasteiger partial charge on any atom is 0.287 e. The van der Waals surface area contributed by atoms with Crippen molar-refractivity contribution in [1.82, 2.24) is 25.1 Å². The van der Waals surface area contributed by atoms with Crippen molar-refractivity contribution in [1.29, 1.82) is 0 Å². The van der Waals surface area contributed by atoms with Gasteiger partial charge in [-0.1, -0.05) is 6.92 Å². The first-order chi connectivity index (χ1) is 11.3. The molecule has 0 bridgehead atoms. The number of nitrogens with zero attached hydrogens (tertiary/aromatic N) is 4. The minimum absolute atomic E-state index is 0.244. The van der Waals surface area contributed by atoms with Crippen LogP contribution in [0.25, 0.3) is 11.0 Å². The fraction of sp³-hybridized carbons (Fsp3) is 0.333. The van der Waals surface area contributed by atoms with E-state index in [1.807, 2.05) is 0 Å². The van der Waals surface area contributed by atoms with Crippen LogP contribution in [0.4, 0.5) is 5.82 Å². The standard InChI is InChI=1S/C15H18N6O2/c1-2-5-16-13-11-9-20-21(14(11)19-10-18-13)7-6-17-15(22)12-4-3-8-23-12/h3-4,8-10H,2,5-7H2,1H3,(H,17,22)(H,16,18,19). The van der Waals surface area contributed by atoms with Crippen molar-refractivity contribution in [3.63, 3.8) is 0 Å². The minimum Gasteiger partial charge on any atom is -0.459 e. The lowest BCUT2D eigenvalue weighted by Crippen LogP contribution is -2.27. The van der Waals surface area contributed by atoms with Gasteiger partial charge in [-0.25, -0.2) is 14.6 Å². The molecule has 8 nitrogen and oxygen atoms in total. The molecule has 0 radical (unpaired) electrons. The van der Waals surface area contributed by atoms with Gasteiger partial charge < -0.3 is 15.1 Å². The monoisotopic (exact) mass is 314 g/mol. The van der Waals surface area contributed by atoms with Gasteiger partial charge in [-0.3, -0.25) is 4.79 Å². The van der Waals surface area contributed by atoms with Crippen molar-refractivity contribution < 1.29 is 9.21 Å². The van der Waals surface area contributed by atoms with E-state index in [-0.39, 0.29) is 5.91 Å². The Kier molecular flexibility index (Phi) is 4.51.